The van der Waals surface area contributed by atoms with E-state index in [2.05, 4.69) is 10.3 Å². The van der Waals surface area contributed by atoms with Crippen molar-refractivity contribution >= 4 is 16.9 Å². The van der Waals surface area contributed by atoms with E-state index in [9.17, 15) is 9.18 Å². The third kappa shape index (κ3) is 3.31. The number of para-hydroxylation sites is 2. The quantitative estimate of drug-likeness (QED) is 0.787. The van der Waals surface area contributed by atoms with Crippen molar-refractivity contribution < 1.29 is 9.18 Å². The van der Waals surface area contributed by atoms with Crippen LogP contribution < -0.4 is 5.32 Å². The Bertz CT molecular complexity index is 780. The fourth-order valence-corrected chi connectivity index (χ4v) is 2.30. The maximum Gasteiger partial charge on any atom is 0.222 e. The van der Waals surface area contributed by atoms with Gasteiger partial charge in [-0.2, -0.15) is 0 Å². The zero-order valence-corrected chi connectivity index (χ0v) is 12.0. The highest BCUT2D eigenvalue weighted by molar-refractivity contribution is 5.77. The van der Waals surface area contributed by atoms with E-state index < -0.39 is 0 Å². The molecule has 0 bridgehead atoms. The standard InChI is InChI=1S/C17H16FN3O/c18-14-7-5-13(6-8-14)11-19-17(22)9-10-21-12-20-15-3-1-2-4-16(15)21/h1-8,12H,9-11H2,(H,19,22). The van der Waals surface area contributed by atoms with E-state index in [1.165, 1.54) is 12.1 Å². The lowest BCUT2D eigenvalue weighted by Crippen LogP contribution is -2.23. The molecule has 0 aliphatic carbocycles. The molecule has 1 N–H and O–H groups in total. The van der Waals surface area contributed by atoms with Crippen molar-refractivity contribution in [3.63, 3.8) is 0 Å². The van der Waals surface area contributed by atoms with Gasteiger partial charge >= 0.3 is 0 Å². The van der Waals surface area contributed by atoms with Gasteiger partial charge in [0.2, 0.25) is 5.91 Å². The number of imidazole rings is 1. The second kappa shape index (κ2) is 6.39. The van der Waals surface area contributed by atoms with Gasteiger partial charge in [0.1, 0.15) is 5.82 Å². The van der Waals surface area contributed by atoms with E-state index in [0.29, 0.717) is 19.5 Å². The normalized spacial score (nSPS) is 10.8. The predicted octanol–water partition coefficient (Wildman–Crippen LogP) is 2.88. The maximum atomic E-state index is 12.8. The number of nitrogens with one attached hydrogen (secondary N) is 1. The first-order valence-corrected chi connectivity index (χ1v) is 7.13. The predicted molar refractivity (Wildman–Crippen MR) is 82.6 cm³/mol. The molecule has 0 spiro atoms. The molecule has 0 aliphatic rings. The summed E-state index contributed by atoms with van der Waals surface area (Å²) in [6, 6.07) is 13.9. The molecular formula is C17H16FN3O. The van der Waals surface area contributed by atoms with Crippen LogP contribution in [0, 0.1) is 5.82 Å². The molecule has 0 saturated carbocycles. The minimum absolute atomic E-state index is 0.0397. The highest BCUT2D eigenvalue weighted by Crippen LogP contribution is 2.12. The van der Waals surface area contributed by atoms with Gasteiger partial charge in [0.05, 0.1) is 17.4 Å². The number of aromatic nitrogens is 2. The summed E-state index contributed by atoms with van der Waals surface area (Å²) in [4.78, 5) is 16.2. The first-order valence-electron chi connectivity index (χ1n) is 7.13. The number of aryl methyl sites for hydroxylation is 1. The van der Waals surface area contributed by atoms with Crippen molar-refractivity contribution in [3.05, 3.63) is 66.2 Å². The molecule has 3 aromatic rings. The summed E-state index contributed by atoms with van der Waals surface area (Å²) in [6.45, 7) is 0.986. The molecule has 4 nitrogen and oxygen atoms in total. The molecule has 0 radical (unpaired) electrons. The van der Waals surface area contributed by atoms with Crippen LogP contribution in [-0.2, 0) is 17.9 Å². The molecule has 5 heteroatoms. The fourth-order valence-electron chi connectivity index (χ4n) is 2.30. The van der Waals surface area contributed by atoms with E-state index >= 15 is 0 Å². The molecule has 1 amide bonds. The molecule has 2 aromatic carbocycles. The number of nitrogens with zero attached hydrogens (tertiary/aromatic N) is 2. The van der Waals surface area contributed by atoms with Gasteiger partial charge in [-0.05, 0) is 29.8 Å². The van der Waals surface area contributed by atoms with Gasteiger partial charge < -0.3 is 9.88 Å². The highest BCUT2D eigenvalue weighted by Gasteiger charge is 2.05. The monoisotopic (exact) mass is 297 g/mol. The number of benzene rings is 2. The molecule has 1 heterocycles. The average Bonchev–Trinajstić information content (AvgIpc) is 2.96. The summed E-state index contributed by atoms with van der Waals surface area (Å²) in [5, 5.41) is 2.83. The lowest BCUT2D eigenvalue weighted by molar-refractivity contribution is -0.121. The lowest BCUT2D eigenvalue weighted by Gasteiger charge is -2.07. The molecule has 0 atom stereocenters. The van der Waals surface area contributed by atoms with Crippen LogP contribution in [0.1, 0.15) is 12.0 Å². The topological polar surface area (TPSA) is 46.9 Å². The summed E-state index contributed by atoms with van der Waals surface area (Å²) in [5.41, 5.74) is 2.82. The maximum absolute atomic E-state index is 12.8. The third-order valence-corrected chi connectivity index (χ3v) is 3.51. The summed E-state index contributed by atoms with van der Waals surface area (Å²) in [7, 11) is 0. The first-order chi connectivity index (χ1) is 10.7. The van der Waals surface area contributed by atoms with Gasteiger partial charge in [0.15, 0.2) is 0 Å². The van der Waals surface area contributed by atoms with Crippen LogP contribution >= 0.6 is 0 Å². The van der Waals surface area contributed by atoms with Crippen LogP contribution in [0.5, 0.6) is 0 Å². The van der Waals surface area contributed by atoms with Crippen molar-refractivity contribution in [1.82, 2.24) is 14.9 Å². The summed E-state index contributed by atoms with van der Waals surface area (Å²) in [5.74, 6) is -0.316. The molecule has 112 valence electrons. The SMILES string of the molecule is O=C(CCn1cnc2ccccc21)NCc1ccc(F)cc1. The number of carbonyl (C=O) groups is 1. The minimum Gasteiger partial charge on any atom is -0.352 e. The van der Waals surface area contributed by atoms with Crippen LogP contribution in [0.15, 0.2) is 54.9 Å². The second-order valence-electron chi connectivity index (χ2n) is 5.08. The Labute approximate surface area is 127 Å². The Kier molecular flexibility index (Phi) is 4.14. The zero-order valence-electron chi connectivity index (χ0n) is 12.0. The van der Waals surface area contributed by atoms with Crippen LogP contribution in [0.4, 0.5) is 4.39 Å². The third-order valence-electron chi connectivity index (χ3n) is 3.51. The first kappa shape index (κ1) is 14.3. The Morgan fingerprint density at radius 3 is 2.73 bits per heavy atom. The Morgan fingerprint density at radius 1 is 1.14 bits per heavy atom. The summed E-state index contributed by atoms with van der Waals surface area (Å²) < 4.78 is 14.8. The molecule has 1 aromatic heterocycles. The number of hydrogen-bond acceptors (Lipinski definition) is 2. The molecule has 3 rings (SSSR count). The van der Waals surface area contributed by atoms with Crippen LogP contribution in [0.2, 0.25) is 0 Å². The van der Waals surface area contributed by atoms with Crippen molar-refractivity contribution in [2.45, 2.75) is 19.5 Å². The number of amides is 1. The molecular weight excluding hydrogens is 281 g/mol. The van der Waals surface area contributed by atoms with Crippen LogP contribution in [-0.4, -0.2) is 15.5 Å². The summed E-state index contributed by atoms with van der Waals surface area (Å²) >= 11 is 0. The zero-order chi connectivity index (χ0) is 15.4. The highest BCUT2D eigenvalue weighted by atomic mass is 19.1. The number of carbonyl (C=O) groups excluding carboxylic acids is 1. The largest absolute Gasteiger partial charge is 0.352 e. The van der Waals surface area contributed by atoms with Crippen molar-refractivity contribution in [2.75, 3.05) is 0 Å². The van der Waals surface area contributed by atoms with Gasteiger partial charge in [-0.1, -0.05) is 24.3 Å². The van der Waals surface area contributed by atoms with Gasteiger partial charge in [-0.3, -0.25) is 4.79 Å². The Balaban J connectivity index is 1.53. The smallest absolute Gasteiger partial charge is 0.222 e. The lowest BCUT2D eigenvalue weighted by atomic mass is 10.2. The van der Waals surface area contributed by atoms with E-state index in [-0.39, 0.29) is 11.7 Å². The van der Waals surface area contributed by atoms with Crippen LogP contribution in [0.3, 0.4) is 0 Å². The average molecular weight is 297 g/mol. The van der Waals surface area contributed by atoms with Gasteiger partial charge in [0, 0.05) is 19.5 Å². The van der Waals surface area contributed by atoms with Crippen LogP contribution in [0.25, 0.3) is 11.0 Å². The van der Waals surface area contributed by atoms with Crippen molar-refractivity contribution in [2.24, 2.45) is 0 Å². The number of rotatable bonds is 5. The van der Waals surface area contributed by atoms with Gasteiger partial charge in [0.25, 0.3) is 0 Å². The summed E-state index contributed by atoms with van der Waals surface area (Å²) in [6.07, 6.45) is 2.12. The molecule has 0 aliphatic heterocycles. The fraction of sp³-hybridized carbons (Fsp3) is 0.176. The van der Waals surface area contributed by atoms with Gasteiger partial charge in [-0.15, -0.1) is 0 Å². The molecule has 22 heavy (non-hydrogen) atoms. The number of fused-ring (bicyclic) bond motifs is 1. The molecule has 0 fully saturated rings. The second-order valence-corrected chi connectivity index (χ2v) is 5.08. The minimum atomic E-state index is -0.276. The number of hydrogen-bond donors (Lipinski definition) is 1. The van der Waals surface area contributed by atoms with E-state index in [4.69, 9.17) is 0 Å². The van der Waals surface area contributed by atoms with Crippen molar-refractivity contribution in [1.29, 1.82) is 0 Å². The van der Waals surface area contributed by atoms with Gasteiger partial charge in [-0.25, -0.2) is 9.37 Å². The van der Waals surface area contributed by atoms with E-state index in [1.54, 1.807) is 18.5 Å². The number of halogens is 1. The molecule has 0 unspecified atom stereocenters. The Hall–Kier alpha value is -2.69. The van der Waals surface area contributed by atoms with Crippen molar-refractivity contribution in [3.8, 4) is 0 Å². The van der Waals surface area contributed by atoms with E-state index in [1.807, 2.05) is 28.8 Å². The Morgan fingerprint density at radius 2 is 1.91 bits per heavy atom. The van der Waals surface area contributed by atoms with E-state index in [0.717, 1.165) is 16.6 Å². The molecule has 0 saturated heterocycles.